The van der Waals surface area contributed by atoms with Crippen LogP contribution in [0, 0.1) is 10.8 Å². The molecule has 9 nitrogen and oxygen atoms in total. The quantitative estimate of drug-likeness (QED) is 0.280. The molecule has 2 saturated heterocycles. The Morgan fingerprint density at radius 2 is 2.09 bits per heavy atom. The van der Waals surface area contributed by atoms with Crippen LogP contribution in [-0.2, 0) is 20.8 Å². The van der Waals surface area contributed by atoms with Gasteiger partial charge in [-0.25, -0.2) is 0 Å². The van der Waals surface area contributed by atoms with Crippen molar-refractivity contribution in [3.8, 4) is 0 Å². The lowest BCUT2D eigenvalue weighted by molar-refractivity contribution is -0.176. The first kappa shape index (κ1) is 23.7. The molecular formula is C22H28F2N4O5. The van der Waals surface area contributed by atoms with Crippen LogP contribution in [0.2, 0.25) is 0 Å². The van der Waals surface area contributed by atoms with Gasteiger partial charge in [-0.3, -0.25) is 20.3 Å². The summed E-state index contributed by atoms with van der Waals surface area (Å²) in [6.07, 6.45) is -0.227. The average Bonchev–Trinajstić information content (AvgIpc) is 3.07. The minimum Gasteiger partial charge on any atom is -0.380 e. The Balaban J connectivity index is 1.48. The zero-order valence-corrected chi connectivity index (χ0v) is 18.5. The number of amides is 2. The molecule has 0 saturated carbocycles. The van der Waals surface area contributed by atoms with Crippen molar-refractivity contribution in [2.45, 2.75) is 51.0 Å². The molecule has 0 bridgehead atoms. The van der Waals surface area contributed by atoms with Gasteiger partial charge in [0.25, 0.3) is 11.8 Å². The van der Waals surface area contributed by atoms with Crippen molar-refractivity contribution in [3.05, 3.63) is 34.9 Å². The number of ether oxygens (including phenoxy) is 2. The van der Waals surface area contributed by atoms with Crippen LogP contribution in [0.5, 0.6) is 0 Å². The predicted molar refractivity (Wildman–Crippen MR) is 113 cm³/mol. The summed E-state index contributed by atoms with van der Waals surface area (Å²) in [5, 5.41) is 23.7. The van der Waals surface area contributed by atoms with E-state index in [2.05, 4.69) is 5.32 Å². The molecule has 180 valence electrons. The van der Waals surface area contributed by atoms with Crippen LogP contribution in [0.15, 0.2) is 18.2 Å². The third-order valence-electron chi connectivity index (χ3n) is 6.48. The second-order valence-electron chi connectivity index (χ2n) is 9.28. The van der Waals surface area contributed by atoms with Gasteiger partial charge < -0.3 is 24.8 Å². The molecule has 0 spiro atoms. The molecule has 0 radical (unpaired) electrons. The molecule has 0 aliphatic carbocycles. The summed E-state index contributed by atoms with van der Waals surface area (Å²) in [4.78, 5) is 26.5. The van der Waals surface area contributed by atoms with E-state index in [1.54, 1.807) is 11.0 Å². The molecule has 0 aromatic heterocycles. The summed E-state index contributed by atoms with van der Waals surface area (Å²) in [5.41, 5.74) is 0.875. The Hall–Kier alpha value is -2.47. The van der Waals surface area contributed by atoms with Crippen LogP contribution in [0.1, 0.15) is 41.8 Å². The van der Waals surface area contributed by atoms with Gasteiger partial charge in [0.15, 0.2) is 0 Å². The second-order valence-corrected chi connectivity index (χ2v) is 9.28. The summed E-state index contributed by atoms with van der Waals surface area (Å²) in [7, 11) is 0. The molecule has 1 aromatic carbocycles. The minimum atomic E-state index is -3.62. The fourth-order valence-electron chi connectivity index (χ4n) is 4.29. The molecule has 33 heavy (non-hydrogen) atoms. The smallest absolute Gasteiger partial charge is 0.322 e. The highest BCUT2D eigenvalue weighted by molar-refractivity contribution is 6.09. The molecule has 3 heterocycles. The third kappa shape index (κ3) is 4.63. The maximum absolute atomic E-state index is 13.2. The van der Waals surface area contributed by atoms with Crippen LogP contribution < -0.4 is 10.6 Å². The molecule has 3 aliphatic heterocycles. The van der Waals surface area contributed by atoms with E-state index in [9.17, 15) is 23.5 Å². The first-order valence-electron chi connectivity index (χ1n) is 10.8. The number of benzene rings is 1. The third-order valence-corrected chi connectivity index (χ3v) is 6.48. The highest BCUT2D eigenvalue weighted by Gasteiger charge is 2.45. The number of amidine groups is 1. The standard InChI is InChI=1S/C22H28F2N4O5/c1-21(10-33-11-21)19(30)26-15-9-32-6-5-16(15)28-8-13-4-3-12(7-14(13)18(28)29)17(25)27-20(31)22(2,23)24/h3-4,7,15-16,19,26,30H,5-6,8-11H2,1-2H3,(H2,25,27,31)/t15?,16-,19?/m1/s1. The number of nitrogens with zero attached hydrogens (tertiary/aromatic N) is 1. The number of carbonyl (C=O) groups excluding carboxylic acids is 2. The van der Waals surface area contributed by atoms with Gasteiger partial charge in [0.1, 0.15) is 12.1 Å². The van der Waals surface area contributed by atoms with E-state index in [4.69, 9.17) is 14.9 Å². The first-order valence-corrected chi connectivity index (χ1v) is 10.8. The Labute approximate surface area is 189 Å². The summed E-state index contributed by atoms with van der Waals surface area (Å²) in [6, 6.07) is 4.12. The summed E-state index contributed by atoms with van der Waals surface area (Å²) >= 11 is 0. The van der Waals surface area contributed by atoms with Crippen molar-refractivity contribution < 1.29 is 33.0 Å². The SMILES string of the molecule is CC(F)(F)C(=O)NC(=N)c1ccc2c(c1)C(=O)N([C@@H]1CCOCC1NC(O)C1(C)COC1)C2. The van der Waals surface area contributed by atoms with Gasteiger partial charge in [0.2, 0.25) is 0 Å². The Morgan fingerprint density at radius 1 is 1.36 bits per heavy atom. The maximum atomic E-state index is 13.2. The molecule has 4 rings (SSSR count). The predicted octanol–water partition coefficient (Wildman–Crippen LogP) is 0.841. The fourth-order valence-corrected chi connectivity index (χ4v) is 4.29. The summed E-state index contributed by atoms with van der Waals surface area (Å²) in [5.74, 6) is -5.95. The van der Waals surface area contributed by atoms with Crippen molar-refractivity contribution in [1.29, 1.82) is 5.41 Å². The Morgan fingerprint density at radius 3 is 2.73 bits per heavy atom. The molecule has 4 N–H and O–H groups in total. The van der Waals surface area contributed by atoms with E-state index < -0.39 is 29.3 Å². The number of fused-ring (bicyclic) bond motifs is 1. The van der Waals surface area contributed by atoms with Gasteiger partial charge in [-0.1, -0.05) is 19.1 Å². The van der Waals surface area contributed by atoms with Crippen LogP contribution in [0.4, 0.5) is 8.78 Å². The second kappa shape index (κ2) is 8.71. The number of nitrogens with one attached hydrogen (secondary N) is 3. The number of hydrogen-bond donors (Lipinski definition) is 4. The molecular weight excluding hydrogens is 438 g/mol. The number of alkyl halides is 2. The van der Waals surface area contributed by atoms with Crippen molar-refractivity contribution in [3.63, 3.8) is 0 Å². The van der Waals surface area contributed by atoms with Crippen LogP contribution in [0.3, 0.4) is 0 Å². The van der Waals surface area contributed by atoms with Gasteiger partial charge in [0, 0.05) is 31.2 Å². The lowest BCUT2D eigenvalue weighted by Crippen LogP contribution is -2.63. The summed E-state index contributed by atoms with van der Waals surface area (Å²) < 4.78 is 37.1. The molecule has 2 amide bonds. The Kier molecular flexibility index (Phi) is 6.25. The highest BCUT2D eigenvalue weighted by atomic mass is 19.3. The Bertz CT molecular complexity index is 963. The van der Waals surface area contributed by atoms with E-state index >= 15 is 0 Å². The van der Waals surface area contributed by atoms with Crippen molar-refractivity contribution >= 4 is 17.6 Å². The van der Waals surface area contributed by atoms with Crippen LogP contribution in [-0.4, -0.2) is 78.3 Å². The zero-order chi connectivity index (χ0) is 24.0. The van der Waals surface area contributed by atoms with E-state index in [-0.39, 0.29) is 23.6 Å². The minimum absolute atomic E-state index is 0.163. The van der Waals surface area contributed by atoms with Crippen LogP contribution >= 0.6 is 0 Å². The van der Waals surface area contributed by atoms with Crippen LogP contribution in [0.25, 0.3) is 0 Å². The average molecular weight is 466 g/mol. The normalized spacial score (nSPS) is 25.2. The summed E-state index contributed by atoms with van der Waals surface area (Å²) in [6.45, 7) is 4.44. The van der Waals surface area contributed by atoms with Gasteiger partial charge in [-0.15, -0.1) is 0 Å². The van der Waals surface area contributed by atoms with Crippen molar-refractivity contribution in [2.75, 3.05) is 26.4 Å². The first-order chi connectivity index (χ1) is 15.5. The van der Waals surface area contributed by atoms with Crippen molar-refractivity contribution in [1.82, 2.24) is 15.5 Å². The van der Waals surface area contributed by atoms with E-state index in [0.29, 0.717) is 51.9 Å². The number of aliphatic hydroxyl groups excluding tert-OH is 1. The molecule has 3 atom stereocenters. The lowest BCUT2D eigenvalue weighted by Gasteiger charge is -2.46. The lowest BCUT2D eigenvalue weighted by atomic mass is 9.85. The maximum Gasteiger partial charge on any atom is 0.322 e. The fraction of sp³-hybridized carbons (Fsp3) is 0.591. The number of hydrogen-bond acceptors (Lipinski definition) is 7. The number of aliphatic hydroxyl groups is 1. The van der Waals surface area contributed by atoms with E-state index in [1.165, 1.54) is 12.1 Å². The monoisotopic (exact) mass is 466 g/mol. The largest absolute Gasteiger partial charge is 0.380 e. The molecule has 2 unspecified atom stereocenters. The number of rotatable bonds is 6. The highest BCUT2D eigenvalue weighted by Crippen LogP contribution is 2.32. The number of carbonyl (C=O) groups is 2. The molecule has 11 heteroatoms. The molecule has 2 fully saturated rings. The molecule has 3 aliphatic rings. The molecule has 1 aromatic rings. The van der Waals surface area contributed by atoms with Gasteiger partial charge >= 0.3 is 5.92 Å². The van der Waals surface area contributed by atoms with E-state index in [1.807, 2.05) is 12.2 Å². The van der Waals surface area contributed by atoms with Gasteiger partial charge in [0.05, 0.1) is 37.3 Å². The van der Waals surface area contributed by atoms with Gasteiger partial charge in [-0.05, 0) is 18.1 Å². The topological polar surface area (TPSA) is 124 Å². The zero-order valence-electron chi connectivity index (χ0n) is 18.5. The van der Waals surface area contributed by atoms with E-state index in [0.717, 1.165) is 5.56 Å². The van der Waals surface area contributed by atoms with Crippen molar-refractivity contribution in [2.24, 2.45) is 5.41 Å². The number of halogens is 2. The van der Waals surface area contributed by atoms with Gasteiger partial charge in [-0.2, -0.15) is 8.78 Å².